The first-order chi connectivity index (χ1) is 9.58. The van der Waals surface area contributed by atoms with E-state index in [0.717, 1.165) is 9.37 Å². The summed E-state index contributed by atoms with van der Waals surface area (Å²) in [6.07, 6.45) is 0.260. The Kier molecular flexibility index (Phi) is 5.97. The first-order valence-electron chi connectivity index (χ1n) is 5.90. The molecule has 0 spiro atoms. The maximum Gasteiger partial charge on any atom is 0.147 e. The quantitative estimate of drug-likeness (QED) is 0.613. The fourth-order valence-electron chi connectivity index (χ4n) is 1.67. The number of hydrogen-bond donors (Lipinski definition) is 0. The second-order valence-electron chi connectivity index (χ2n) is 4.13. The van der Waals surface area contributed by atoms with Crippen LogP contribution in [0, 0.1) is 0 Å². The second-order valence-corrected chi connectivity index (χ2v) is 6.82. The lowest BCUT2D eigenvalue weighted by Gasteiger charge is -2.07. The number of carbonyl (C=O) groups is 1. The van der Waals surface area contributed by atoms with Crippen molar-refractivity contribution in [2.45, 2.75) is 11.3 Å². The molecule has 0 aliphatic rings. The first-order valence-corrected chi connectivity index (χ1v) is 8.43. The molecule has 0 fully saturated rings. The van der Waals surface area contributed by atoms with Gasteiger partial charge in [0.1, 0.15) is 5.78 Å². The van der Waals surface area contributed by atoms with Crippen molar-refractivity contribution in [2.75, 3.05) is 5.75 Å². The third-order valence-electron chi connectivity index (χ3n) is 2.66. The molecule has 2 aromatic rings. The van der Waals surface area contributed by atoms with Gasteiger partial charge in [-0.25, -0.2) is 0 Å². The van der Waals surface area contributed by atoms with Crippen molar-refractivity contribution in [3.8, 4) is 0 Å². The van der Waals surface area contributed by atoms with Gasteiger partial charge < -0.3 is 0 Å². The van der Waals surface area contributed by atoms with E-state index in [4.69, 9.17) is 23.2 Å². The minimum atomic E-state index is 0.0979. The van der Waals surface area contributed by atoms with Crippen molar-refractivity contribution in [3.63, 3.8) is 0 Å². The van der Waals surface area contributed by atoms with Crippen LogP contribution in [0.25, 0.3) is 0 Å². The summed E-state index contributed by atoms with van der Waals surface area (Å²) in [4.78, 5) is 13.1. The van der Waals surface area contributed by atoms with Gasteiger partial charge in [-0.1, -0.05) is 41.4 Å². The van der Waals surface area contributed by atoms with Gasteiger partial charge >= 0.3 is 0 Å². The molecule has 0 saturated heterocycles. The van der Waals surface area contributed by atoms with Crippen molar-refractivity contribution < 1.29 is 4.79 Å². The smallest absolute Gasteiger partial charge is 0.147 e. The van der Waals surface area contributed by atoms with E-state index in [2.05, 4.69) is 15.9 Å². The highest BCUT2D eigenvalue weighted by Crippen LogP contribution is 2.28. The van der Waals surface area contributed by atoms with Crippen LogP contribution >= 0.6 is 50.9 Å². The number of benzene rings is 2. The maximum atomic E-state index is 12.0. The summed E-state index contributed by atoms with van der Waals surface area (Å²) in [5.74, 6) is 0.491. The van der Waals surface area contributed by atoms with Crippen molar-refractivity contribution in [1.29, 1.82) is 0 Å². The molecular formula is C15H11BrCl2OS. The Labute approximate surface area is 140 Å². The summed E-state index contributed by atoms with van der Waals surface area (Å²) in [6, 6.07) is 13.1. The average Bonchev–Trinajstić information content (AvgIpc) is 2.42. The molecule has 0 saturated carbocycles. The Hall–Kier alpha value is -0.480. The van der Waals surface area contributed by atoms with E-state index in [0.29, 0.717) is 21.4 Å². The molecule has 20 heavy (non-hydrogen) atoms. The first kappa shape index (κ1) is 15.9. The molecule has 0 aliphatic heterocycles. The summed E-state index contributed by atoms with van der Waals surface area (Å²) in [5, 5.41) is 1.08. The van der Waals surface area contributed by atoms with Gasteiger partial charge in [0.15, 0.2) is 0 Å². The standard InChI is InChI=1S/C15H11BrCl2OS/c16-12-4-1-2-7-15(12)20-9-10(19)8-11-13(17)5-3-6-14(11)18/h1-7H,8-9H2. The monoisotopic (exact) mass is 388 g/mol. The summed E-state index contributed by atoms with van der Waals surface area (Å²) in [7, 11) is 0. The van der Waals surface area contributed by atoms with Crippen LogP contribution in [-0.4, -0.2) is 11.5 Å². The van der Waals surface area contributed by atoms with Crippen LogP contribution in [-0.2, 0) is 11.2 Å². The minimum absolute atomic E-state index is 0.0979. The van der Waals surface area contributed by atoms with E-state index in [1.165, 1.54) is 11.8 Å². The van der Waals surface area contributed by atoms with Crippen molar-refractivity contribution in [1.82, 2.24) is 0 Å². The molecule has 0 N–H and O–H groups in total. The molecule has 0 unspecified atom stereocenters. The lowest BCUT2D eigenvalue weighted by atomic mass is 10.1. The SMILES string of the molecule is O=C(CSc1ccccc1Br)Cc1c(Cl)cccc1Cl. The van der Waals surface area contributed by atoms with E-state index in [1.807, 2.05) is 24.3 Å². The van der Waals surface area contributed by atoms with Gasteiger partial charge in [-0.15, -0.1) is 11.8 Å². The Bertz CT molecular complexity index is 611. The summed E-state index contributed by atoms with van der Waals surface area (Å²) in [5.41, 5.74) is 0.702. The highest BCUT2D eigenvalue weighted by molar-refractivity contribution is 9.10. The molecule has 0 radical (unpaired) electrons. The summed E-state index contributed by atoms with van der Waals surface area (Å²) >= 11 is 17.1. The molecular weight excluding hydrogens is 379 g/mol. The summed E-state index contributed by atoms with van der Waals surface area (Å²) in [6.45, 7) is 0. The largest absolute Gasteiger partial charge is 0.298 e. The Morgan fingerprint density at radius 2 is 1.70 bits per heavy atom. The molecule has 0 heterocycles. The van der Waals surface area contributed by atoms with Crippen LogP contribution in [0.1, 0.15) is 5.56 Å². The molecule has 0 aliphatic carbocycles. The van der Waals surface area contributed by atoms with Gasteiger partial charge in [0.05, 0.1) is 5.75 Å². The molecule has 0 amide bonds. The third-order valence-corrected chi connectivity index (χ3v) is 5.46. The molecule has 104 valence electrons. The van der Waals surface area contributed by atoms with Crippen LogP contribution in [0.3, 0.4) is 0 Å². The van der Waals surface area contributed by atoms with Crippen LogP contribution in [0.2, 0.25) is 10.0 Å². The molecule has 2 rings (SSSR count). The minimum Gasteiger partial charge on any atom is -0.298 e. The van der Waals surface area contributed by atoms with E-state index in [-0.39, 0.29) is 12.2 Å². The number of Topliss-reactive ketones (excluding diaryl/α,β-unsaturated/α-hetero) is 1. The van der Waals surface area contributed by atoms with Gasteiger partial charge in [0.2, 0.25) is 0 Å². The molecule has 2 aromatic carbocycles. The van der Waals surface area contributed by atoms with Gasteiger partial charge in [0, 0.05) is 25.8 Å². The average molecular weight is 390 g/mol. The van der Waals surface area contributed by atoms with Crippen LogP contribution in [0.5, 0.6) is 0 Å². The lowest BCUT2D eigenvalue weighted by molar-refractivity contribution is -0.116. The van der Waals surface area contributed by atoms with E-state index < -0.39 is 0 Å². The Morgan fingerprint density at radius 3 is 2.35 bits per heavy atom. The highest BCUT2D eigenvalue weighted by Gasteiger charge is 2.11. The van der Waals surface area contributed by atoms with Crippen molar-refractivity contribution in [2.24, 2.45) is 0 Å². The molecule has 0 bridgehead atoms. The maximum absolute atomic E-state index is 12.0. The Balaban J connectivity index is 1.98. The zero-order valence-electron chi connectivity index (χ0n) is 10.4. The number of rotatable bonds is 5. The normalized spacial score (nSPS) is 10.6. The fraction of sp³-hybridized carbons (Fsp3) is 0.133. The van der Waals surface area contributed by atoms with Gasteiger partial charge in [-0.05, 0) is 45.8 Å². The van der Waals surface area contributed by atoms with E-state index in [1.54, 1.807) is 18.2 Å². The second kappa shape index (κ2) is 7.51. The highest BCUT2D eigenvalue weighted by atomic mass is 79.9. The molecule has 0 atom stereocenters. The van der Waals surface area contributed by atoms with Crippen LogP contribution in [0.4, 0.5) is 0 Å². The topological polar surface area (TPSA) is 17.1 Å². The number of ketones is 1. The van der Waals surface area contributed by atoms with E-state index in [9.17, 15) is 4.79 Å². The van der Waals surface area contributed by atoms with Gasteiger partial charge in [-0.3, -0.25) is 4.79 Å². The predicted octanol–water partition coefficient (Wildman–Crippen LogP) is 5.66. The van der Waals surface area contributed by atoms with Crippen molar-refractivity contribution >= 4 is 56.7 Å². The molecule has 0 aromatic heterocycles. The van der Waals surface area contributed by atoms with Crippen LogP contribution < -0.4 is 0 Å². The number of thioether (sulfide) groups is 1. The number of hydrogen-bond acceptors (Lipinski definition) is 2. The lowest BCUT2D eigenvalue weighted by Crippen LogP contribution is -2.06. The Morgan fingerprint density at radius 1 is 1.05 bits per heavy atom. The number of halogens is 3. The van der Waals surface area contributed by atoms with Gasteiger partial charge in [-0.2, -0.15) is 0 Å². The van der Waals surface area contributed by atoms with Crippen LogP contribution in [0.15, 0.2) is 51.8 Å². The zero-order chi connectivity index (χ0) is 14.5. The summed E-state index contributed by atoms with van der Waals surface area (Å²) < 4.78 is 0.994. The van der Waals surface area contributed by atoms with E-state index >= 15 is 0 Å². The zero-order valence-corrected chi connectivity index (χ0v) is 14.3. The fourth-order valence-corrected chi connectivity index (χ4v) is 3.63. The molecule has 5 heteroatoms. The molecule has 1 nitrogen and oxygen atoms in total. The van der Waals surface area contributed by atoms with Gasteiger partial charge in [0.25, 0.3) is 0 Å². The number of carbonyl (C=O) groups excluding carboxylic acids is 1. The predicted molar refractivity (Wildman–Crippen MR) is 90.0 cm³/mol. The van der Waals surface area contributed by atoms with Crippen molar-refractivity contribution in [3.05, 3.63) is 62.5 Å². The third kappa shape index (κ3) is 4.26.